The molecule has 0 spiro atoms. The van der Waals surface area contributed by atoms with Crippen LogP contribution in [0.5, 0.6) is 0 Å². The second-order valence-corrected chi connectivity index (χ2v) is 8.84. The smallest absolute Gasteiger partial charge is 0.346 e. The largest absolute Gasteiger partial charge is 0.477 e. The lowest BCUT2D eigenvalue weighted by molar-refractivity contribution is 0.0701. The first-order chi connectivity index (χ1) is 14.1. The first-order valence-corrected chi connectivity index (χ1v) is 11.2. The van der Waals surface area contributed by atoms with Crippen molar-refractivity contribution < 1.29 is 9.90 Å². The van der Waals surface area contributed by atoms with Crippen molar-refractivity contribution in [1.29, 1.82) is 0 Å². The van der Waals surface area contributed by atoms with Crippen molar-refractivity contribution in [2.45, 2.75) is 26.7 Å². The predicted molar refractivity (Wildman–Crippen MR) is 129 cm³/mol. The normalized spacial score (nSPS) is 14.7. The Kier molecular flexibility index (Phi) is 7.40. The molecule has 2 heterocycles. The summed E-state index contributed by atoms with van der Waals surface area (Å²) in [5, 5.41) is 10.7. The number of nitrogens with zero attached hydrogens (tertiary/aromatic N) is 2. The summed E-state index contributed by atoms with van der Waals surface area (Å²) in [4.78, 5) is 17.1. The van der Waals surface area contributed by atoms with Crippen molar-refractivity contribution in [3.63, 3.8) is 0 Å². The van der Waals surface area contributed by atoms with Gasteiger partial charge in [-0.25, -0.2) is 4.79 Å². The number of aryl methyl sites for hydroxylation is 2. The maximum Gasteiger partial charge on any atom is 0.346 e. The Bertz CT molecular complexity index is 1010. The molecule has 1 aromatic heterocycles. The molecule has 0 bridgehead atoms. The highest BCUT2D eigenvalue weighted by Gasteiger charge is 2.23. The maximum atomic E-state index is 11.7. The summed E-state index contributed by atoms with van der Waals surface area (Å²) in [7, 11) is 0. The lowest BCUT2D eigenvalue weighted by atomic mass is 10.0. The van der Waals surface area contributed by atoms with Gasteiger partial charge in [0, 0.05) is 48.5 Å². The van der Waals surface area contributed by atoms with Crippen molar-refractivity contribution in [2.24, 2.45) is 0 Å². The summed E-state index contributed by atoms with van der Waals surface area (Å²) in [6.45, 7) is 9.30. The van der Waals surface area contributed by atoms with Crippen LogP contribution >= 0.6 is 23.7 Å². The quantitative estimate of drug-likeness (QED) is 0.563. The Morgan fingerprint density at radius 1 is 1.07 bits per heavy atom. The number of hydrogen-bond acceptors (Lipinski definition) is 4. The number of thiophene rings is 1. The number of carbonyl (C=O) groups is 1. The summed E-state index contributed by atoms with van der Waals surface area (Å²) in [6.07, 6.45) is 1.83. The number of halogens is 1. The van der Waals surface area contributed by atoms with Crippen LogP contribution in [0, 0.1) is 6.92 Å². The van der Waals surface area contributed by atoms with Gasteiger partial charge in [-0.2, -0.15) is 0 Å². The molecule has 0 amide bonds. The molecule has 6 heteroatoms. The fourth-order valence-electron chi connectivity index (χ4n) is 4.22. The maximum absolute atomic E-state index is 11.7. The Labute approximate surface area is 188 Å². The Morgan fingerprint density at radius 3 is 2.40 bits per heavy atom. The lowest BCUT2D eigenvalue weighted by Crippen LogP contribution is -2.47. The van der Waals surface area contributed by atoms with Crippen LogP contribution in [0.25, 0.3) is 10.1 Å². The molecule has 0 unspecified atom stereocenters. The van der Waals surface area contributed by atoms with Crippen molar-refractivity contribution in [3.05, 3.63) is 64.0 Å². The van der Waals surface area contributed by atoms with E-state index in [0.717, 1.165) is 61.2 Å². The van der Waals surface area contributed by atoms with Gasteiger partial charge in [-0.15, -0.1) is 23.7 Å². The average molecular weight is 445 g/mol. The highest BCUT2D eigenvalue weighted by Crippen LogP contribution is 2.38. The van der Waals surface area contributed by atoms with Crippen molar-refractivity contribution >= 4 is 45.5 Å². The van der Waals surface area contributed by atoms with Crippen molar-refractivity contribution in [3.8, 4) is 0 Å². The minimum absolute atomic E-state index is 0. The lowest BCUT2D eigenvalue weighted by Gasteiger charge is -2.36. The van der Waals surface area contributed by atoms with E-state index in [9.17, 15) is 9.90 Å². The van der Waals surface area contributed by atoms with E-state index in [1.807, 2.05) is 13.0 Å². The molecular weight excluding hydrogens is 416 g/mol. The minimum Gasteiger partial charge on any atom is -0.477 e. The fourth-order valence-corrected chi connectivity index (χ4v) is 5.37. The van der Waals surface area contributed by atoms with Crippen LogP contribution < -0.4 is 4.90 Å². The van der Waals surface area contributed by atoms with Gasteiger partial charge in [-0.1, -0.05) is 42.8 Å². The molecule has 0 atom stereocenters. The number of carboxylic acids is 1. The summed E-state index contributed by atoms with van der Waals surface area (Å²) in [5.74, 6) is -0.810. The summed E-state index contributed by atoms with van der Waals surface area (Å²) in [5.41, 5.74) is 4.88. The highest BCUT2D eigenvalue weighted by molar-refractivity contribution is 7.21. The number of benzene rings is 2. The van der Waals surface area contributed by atoms with Gasteiger partial charge in [0.1, 0.15) is 4.88 Å². The minimum atomic E-state index is -0.810. The van der Waals surface area contributed by atoms with Crippen LogP contribution in [-0.2, 0) is 12.8 Å². The van der Waals surface area contributed by atoms with Gasteiger partial charge >= 0.3 is 5.97 Å². The van der Waals surface area contributed by atoms with E-state index in [1.54, 1.807) is 0 Å². The third kappa shape index (κ3) is 4.64. The molecule has 1 aliphatic rings. The van der Waals surface area contributed by atoms with Gasteiger partial charge in [-0.05, 0) is 43.0 Å². The molecular formula is C24H29ClN2O2S. The third-order valence-corrected chi connectivity index (χ3v) is 7.08. The highest BCUT2D eigenvalue weighted by atomic mass is 35.5. The second-order valence-electron chi connectivity index (χ2n) is 7.78. The zero-order chi connectivity index (χ0) is 20.4. The third-order valence-electron chi connectivity index (χ3n) is 5.89. The SMILES string of the molecule is CCc1c(C(=O)O)sc2cccc(N3CCN(CCc4ccc(C)cc4)CC3)c12.Cl. The molecule has 0 aliphatic carbocycles. The zero-order valence-electron chi connectivity index (χ0n) is 17.6. The second kappa shape index (κ2) is 9.82. The number of hydrogen-bond donors (Lipinski definition) is 1. The monoisotopic (exact) mass is 444 g/mol. The molecule has 160 valence electrons. The first kappa shape index (κ1) is 22.6. The van der Waals surface area contributed by atoms with Gasteiger partial charge in [0.15, 0.2) is 0 Å². The molecule has 2 aromatic carbocycles. The van der Waals surface area contributed by atoms with Crippen LogP contribution in [0.2, 0.25) is 0 Å². The van der Waals surface area contributed by atoms with Gasteiger partial charge < -0.3 is 10.0 Å². The predicted octanol–water partition coefficient (Wildman–Crippen LogP) is 5.26. The van der Waals surface area contributed by atoms with E-state index in [0.29, 0.717) is 4.88 Å². The summed E-state index contributed by atoms with van der Waals surface area (Å²) < 4.78 is 1.08. The molecule has 3 aromatic rings. The van der Waals surface area contributed by atoms with Crippen LogP contribution in [0.1, 0.15) is 33.3 Å². The zero-order valence-corrected chi connectivity index (χ0v) is 19.2. The summed E-state index contributed by atoms with van der Waals surface area (Å²) >= 11 is 1.41. The average Bonchev–Trinajstić information content (AvgIpc) is 3.13. The number of fused-ring (bicyclic) bond motifs is 1. The van der Waals surface area contributed by atoms with E-state index in [-0.39, 0.29) is 12.4 Å². The van der Waals surface area contributed by atoms with E-state index >= 15 is 0 Å². The number of anilines is 1. The Hall–Kier alpha value is -2.08. The van der Waals surface area contributed by atoms with Crippen LogP contribution in [0.15, 0.2) is 42.5 Å². The number of aromatic carboxylic acids is 1. The molecule has 30 heavy (non-hydrogen) atoms. The molecule has 1 fully saturated rings. The van der Waals surface area contributed by atoms with Crippen LogP contribution in [-0.4, -0.2) is 48.7 Å². The first-order valence-electron chi connectivity index (χ1n) is 10.4. The molecule has 4 rings (SSSR count). The topological polar surface area (TPSA) is 43.8 Å². The van der Waals surface area contributed by atoms with Gasteiger partial charge in [0.2, 0.25) is 0 Å². The van der Waals surface area contributed by atoms with Gasteiger partial charge in [0.25, 0.3) is 0 Å². The van der Waals surface area contributed by atoms with E-state index in [2.05, 4.69) is 53.1 Å². The van der Waals surface area contributed by atoms with Crippen molar-refractivity contribution in [1.82, 2.24) is 4.90 Å². The molecule has 1 N–H and O–H groups in total. The number of rotatable bonds is 6. The Balaban J connectivity index is 0.00000256. The van der Waals surface area contributed by atoms with E-state index < -0.39 is 5.97 Å². The fraction of sp³-hybridized carbons (Fsp3) is 0.375. The molecule has 0 saturated carbocycles. The van der Waals surface area contributed by atoms with Gasteiger partial charge in [0.05, 0.1) is 0 Å². The van der Waals surface area contributed by atoms with E-state index in [4.69, 9.17) is 0 Å². The molecule has 1 aliphatic heterocycles. The van der Waals surface area contributed by atoms with Crippen LogP contribution in [0.3, 0.4) is 0 Å². The molecule has 0 radical (unpaired) electrons. The molecule has 4 nitrogen and oxygen atoms in total. The number of carboxylic acid groups (broad SMARTS) is 1. The number of piperazine rings is 1. The van der Waals surface area contributed by atoms with Crippen LogP contribution in [0.4, 0.5) is 5.69 Å². The Morgan fingerprint density at radius 2 is 1.77 bits per heavy atom. The van der Waals surface area contributed by atoms with Gasteiger partial charge in [-0.3, -0.25) is 4.90 Å². The van der Waals surface area contributed by atoms with E-state index in [1.165, 1.54) is 28.2 Å². The summed E-state index contributed by atoms with van der Waals surface area (Å²) in [6, 6.07) is 15.1. The van der Waals surface area contributed by atoms with Crippen molar-refractivity contribution in [2.75, 3.05) is 37.6 Å². The standard InChI is InChI=1S/C24H28N2O2S.ClH/c1-3-19-22-20(5-4-6-21(22)29-23(19)24(27)28)26-15-13-25(14-16-26)12-11-18-9-7-17(2)8-10-18;/h4-10H,3,11-16H2,1-2H3,(H,27,28);1H. The molecule has 1 saturated heterocycles.